The van der Waals surface area contributed by atoms with Gasteiger partial charge in [0, 0.05) is 24.4 Å². The SMILES string of the molecule is CCCOc1ccccc1NC(=O)/C=C/c1c(C)nn(C)c1C. The zero-order valence-corrected chi connectivity index (χ0v) is 14.1. The summed E-state index contributed by atoms with van der Waals surface area (Å²) in [4.78, 5) is 12.2. The molecule has 0 saturated heterocycles. The lowest BCUT2D eigenvalue weighted by Crippen LogP contribution is -2.09. The standard InChI is InChI=1S/C18H23N3O2/c1-5-12-23-17-9-7-6-8-16(17)19-18(22)11-10-15-13(2)20-21(4)14(15)3/h6-11H,5,12H2,1-4H3,(H,19,22)/b11-10+. The normalized spacial score (nSPS) is 11.0. The van der Waals surface area contributed by atoms with Crippen LogP contribution in [0.3, 0.4) is 0 Å². The molecule has 2 rings (SSSR count). The summed E-state index contributed by atoms with van der Waals surface area (Å²) < 4.78 is 7.45. The minimum atomic E-state index is -0.194. The highest BCUT2D eigenvalue weighted by Crippen LogP contribution is 2.24. The third kappa shape index (κ3) is 4.22. The highest BCUT2D eigenvalue weighted by molar-refractivity contribution is 6.02. The molecule has 0 atom stereocenters. The predicted molar refractivity (Wildman–Crippen MR) is 92.6 cm³/mol. The lowest BCUT2D eigenvalue weighted by atomic mass is 10.2. The van der Waals surface area contributed by atoms with Gasteiger partial charge in [0.1, 0.15) is 5.75 Å². The van der Waals surface area contributed by atoms with E-state index in [-0.39, 0.29) is 5.91 Å². The average Bonchev–Trinajstić information content (AvgIpc) is 2.77. The Morgan fingerprint density at radius 2 is 2.09 bits per heavy atom. The molecule has 1 aromatic carbocycles. The molecule has 0 aliphatic rings. The van der Waals surface area contributed by atoms with Gasteiger partial charge < -0.3 is 10.1 Å². The first kappa shape index (κ1) is 16.8. The van der Waals surface area contributed by atoms with Gasteiger partial charge in [-0.05, 0) is 38.5 Å². The largest absolute Gasteiger partial charge is 0.491 e. The number of aromatic nitrogens is 2. The van der Waals surface area contributed by atoms with Gasteiger partial charge in [-0.3, -0.25) is 9.48 Å². The Labute approximate surface area is 137 Å². The molecule has 0 unspecified atom stereocenters. The van der Waals surface area contributed by atoms with Crippen LogP contribution in [0.2, 0.25) is 0 Å². The minimum absolute atomic E-state index is 0.194. The van der Waals surface area contributed by atoms with Crippen molar-refractivity contribution in [3.63, 3.8) is 0 Å². The zero-order valence-electron chi connectivity index (χ0n) is 14.1. The van der Waals surface area contributed by atoms with E-state index in [0.29, 0.717) is 18.0 Å². The van der Waals surface area contributed by atoms with Gasteiger partial charge >= 0.3 is 0 Å². The Hall–Kier alpha value is -2.56. The lowest BCUT2D eigenvalue weighted by molar-refractivity contribution is -0.111. The van der Waals surface area contributed by atoms with Crippen molar-refractivity contribution < 1.29 is 9.53 Å². The summed E-state index contributed by atoms with van der Waals surface area (Å²) >= 11 is 0. The van der Waals surface area contributed by atoms with E-state index in [1.165, 1.54) is 6.08 Å². The summed E-state index contributed by atoms with van der Waals surface area (Å²) in [5.41, 5.74) is 3.58. The van der Waals surface area contributed by atoms with E-state index in [2.05, 4.69) is 10.4 Å². The topological polar surface area (TPSA) is 56.1 Å². The Morgan fingerprint density at radius 1 is 1.35 bits per heavy atom. The first-order valence-electron chi connectivity index (χ1n) is 7.74. The molecule has 5 heteroatoms. The number of benzene rings is 1. The molecule has 0 aliphatic carbocycles. The molecule has 0 saturated carbocycles. The monoisotopic (exact) mass is 313 g/mol. The van der Waals surface area contributed by atoms with Crippen LogP contribution in [-0.4, -0.2) is 22.3 Å². The summed E-state index contributed by atoms with van der Waals surface area (Å²) in [5.74, 6) is 0.491. The summed E-state index contributed by atoms with van der Waals surface area (Å²) in [7, 11) is 1.89. The number of carbonyl (C=O) groups is 1. The van der Waals surface area contributed by atoms with E-state index < -0.39 is 0 Å². The van der Waals surface area contributed by atoms with Crippen molar-refractivity contribution in [1.82, 2.24) is 9.78 Å². The third-order valence-corrected chi connectivity index (χ3v) is 3.57. The molecule has 1 aromatic heterocycles. The van der Waals surface area contributed by atoms with Crippen molar-refractivity contribution >= 4 is 17.7 Å². The molecule has 0 spiro atoms. The van der Waals surface area contributed by atoms with E-state index >= 15 is 0 Å². The van der Waals surface area contributed by atoms with Crippen molar-refractivity contribution in [3.05, 3.63) is 47.3 Å². The van der Waals surface area contributed by atoms with E-state index in [1.807, 2.05) is 52.1 Å². The summed E-state index contributed by atoms with van der Waals surface area (Å²) in [5, 5.41) is 7.19. The van der Waals surface area contributed by atoms with E-state index in [1.54, 1.807) is 10.8 Å². The van der Waals surface area contributed by atoms with Crippen LogP contribution in [0.25, 0.3) is 6.08 Å². The fraction of sp³-hybridized carbons (Fsp3) is 0.333. The molecule has 2 aromatic rings. The van der Waals surface area contributed by atoms with Crippen molar-refractivity contribution in [1.29, 1.82) is 0 Å². The number of para-hydroxylation sites is 2. The Bertz CT molecular complexity index is 717. The molecule has 23 heavy (non-hydrogen) atoms. The number of amides is 1. The molecular weight excluding hydrogens is 290 g/mol. The molecule has 0 radical (unpaired) electrons. The fourth-order valence-corrected chi connectivity index (χ4v) is 2.27. The first-order valence-corrected chi connectivity index (χ1v) is 7.74. The van der Waals surface area contributed by atoms with Gasteiger partial charge in [-0.1, -0.05) is 19.1 Å². The quantitative estimate of drug-likeness (QED) is 0.831. The van der Waals surface area contributed by atoms with Crippen LogP contribution in [0.5, 0.6) is 5.75 Å². The third-order valence-electron chi connectivity index (χ3n) is 3.57. The second-order valence-corrected chi connectivity index (χ2v) is 5.38. The maximum atomic E-state index is 12.2. The van der Waals surface area contributed by atoms with Crippen LogP contribution >= 0.6 is 0 Å². The fourth-order valence-electron chi connectivity index (χ4n) is 2.27. The number of hydrogen-bond acceptors (Lipinski definition) is 3. The van der Waals surface area contributed by atoms with Gasteiger partial charge in [-0.25, -0.2) is 0 Å². The van der Waals surface area contributed by atoms with Crippen molar-refractivity contribution in [3.8, 4) is 5.75 Å². The van der Waals surface area contributed by atoms with Crippen LogP contribution < -0.4 is 10.1 Å². The lowest BCUT2D eigenvalue weighted by Gasteiger charge is -2.10. The predicted octanol–water partition coefficient (Wildman–Crippen LogP) is 3.48. The Balaban J connectivity index is 2.09. The second-order valence-electron chi connectivity index (χ2n) is 5.38. The van der Waals surface area contributed by atoms with Crippen LogP contribution in [0, 0.1) is 13.8 Å². The number of anilines is 1. The Morgan fingerprint density at radius 3 is 2.74 bits per heavy atom. The molecule has 0 aliphatic heterocycles. The highest BCUT2D eigenvalue weighted by Gasteiger charge is 2.08. The molecular formula is C18H23N3O2. The van der Waals surface area contributed by atoms with Crippen molar-refractivity contribution in [2.75, 3.05) is 11.9 Å². The molecule has 0 fully saturated rings. The first-order chi connectivity index (χ1) is 11.0. The van der Waals surface area contributed by atoms with Crippen LogP contribution in [-0.2, 0) is 11.8 Å². The van der Waals surface area contributed by atoms with Crippen LogP contribution in [0.1, 0.15) is 30.3 Å². The molecule has 1 N–H and O–H groups in total. The minimum Gasteiger partial charge on any atom is -0.491 e. The zero-order chi connectivity index (χ0) is 16.8. The number of carbonyl (C=O) groups excluding carboxylic acids is 1. The van der Waals surface area contributed by atoms with Gasteiger partial charge in [-0.2, -0.15) is 5.10 Å². The highest BCUT2D eigenvalue weighted by atomic mass is 16.5. The number of nitrogens with zero attached hydrogens (tertiary/aromatic N) is 2. The van der Waals surface area contributed by atoms with Gasteiger partial charge in [0.2, 0.25) is 5.91 Å². The maximum absolute atomic E-state index is 12.2. The molecule has 1 heterocycles. The number of hydrogen-bond donors (Lipinski definition) is 1. The summed E-state index contributed by atoms with van der Waals surface area (Å²) in [6, 6.07) is 7.44. The number of rotatable bonds is 6. The van der Waals surface area contributed by atoms with Crippen LogP contribution in [0.4, 0.5) is 5.69 Å². The van der Waals surface area contributed by atoms with Crippen molar-refractivity contribution in [2.24, 2.45) is 7.05 Å². The Kier molecular flexibility index (Phi) is 5.57. The van der Waals surface area contributed by atoms with E-state index in [4.69, 9.17) is 4.74 Å². The molecule has 5 nitrogen and oxygen atoms in total. The molecule has 122 valence electrons. The van der Waals surface area contributed by atoms with Crippen molar-refractivity contribution in [2.45, 2.75) is 27.2 Å². The van der Waals surface area contributed by atoms with Gasteiger partial charge in [0.05, 0.1) is 18.0 Å². The summed E-state index contributed by atoms with van der Waals surface area (Å²) in [6.07, 6.45) is 4.23. The van der Waals surface area contributed by atoms with Gasteiger partial charge in [0.25, 0.3) is 0 Å². The number of nitrogens with one attached hydrogen (secondary N) is 1. The van der Waals surface area contributed by atoms with E-state index in [0.717, 1.165) is 23.4 Å². The second kappa shape index (κ2) is 7.63. The summed E-state index contributed by atoms with van der Waals surface area (Å²) in [6.45, 7) is 6.57. The van der Waals surface area contributed by atoms with Gasteiger partial charge in [-0.15, -0.1) is 0 Å². The van der Waals surface area contributed by atoms with E-state index in [9.17, 15) is 4.79 Å². The maximum Gasteiger partial charge on any atom is 0.248 e. The molecule has 0 bridgehead atoms. The smallest absolute Gasteiger partial charge is 0.248 e. The average molecular weight is 313 g/mol. The van der Waals surface area contributed by atoms with Gasteiger partial charge in [0.15, 0.2) is 0 Å². The number of aryl methyl sites for hydroxylation is 2. The van der Waals surface area contributed by atoms with Crippen LogP contribution in [0.15, 0.2) is 30.3 Å². The number of ether oxygens (including phenoxy) is 1. The molecule has 1 amide bonds.